The van der Waals surface area contributed by atoms with Crippen LogP contribution in [0, 0.1) is 0 Å². The zero-order chi connectivity index (χ0) is 13.5. The summed E-state index contributed by atoms with van der Waals surface area (Å²) in [5.74, 6) is -0.0730. The number of nitrogens with zero attached hydrogens (tertiary/aromatic N) is 1. The Labute approximate surface area is 112 Å². The van der Waals surface area contributed by atoms with E-state index in [-0.39, 0.29) is 12.5 Å². The van der Waals surface area contributed by atoms with Crippen LogP contribution in [0.25, 0.3) is 0 Å². The summed E-state index contributed by atoms with van der Waals surface area (Å²) >= 11 is 5.93. The number of hydrogen-bond donors (Lipinski definition) is 1. The molecule has 0 bridgehead atoms. The van der Waals surface area contributed by atoms with Gasteiger partial charge in [0.1, 0.15) is 0 Å². The van der Waals surface area contributed by atoms with E-state index in [1.165, 1.54) is 0 Å². The van der Waals surface area contributed by atoms with E-state index in [2.05, 4.69) is 5.32 Å². The van der Waals surface area contributed by atoms with E-state index in [9.17, 15) is 9.59 Å². The summed E-state index contributed by atoms with van der Waals surface area (Å²) in [4.78, 5) is 24.4. The van der Waals surface area contributed by atoms with Crippen molar-refractivity contribution in [3.63, 3.8) is 0 Å². The zero-order valence-electron chi connectivity index (χ0n) is 10.6. The molecule has 1 N–H and O–H groups in total. The van der Waals surface area contributed by atoms with Crippen LogP contribution in [0.4, 0.5) is 5.69 Å². The standard InChI is InChI=1S/C13H17ClN2O2/c1-3-15-13(18)8-16(4-2)12-7-11(14)6-5-10(12)9-17/h5-7,9H,3-4,8H2,1-2H3,(H,15,18). The first-order valence-electron chi connectivity index (χ1n) is 5.88. The smallest absolute Gasteiger partial charge is 0.239 e. The van der Waals surface area contributed by atoms with Crippen molar-refractivity contribution in [2.75, 3.05) is 24.5 Å². The van der Waals surface area contributed by atoms with Crippen LogP contribution in [0.3, 0.4) is 0 Å². The second-order valence-electron chi connectivity index (χ2n) is 3.79. The van der Waals surface area contributed by atoms with Crippen molar-refractivity contribution in [2.24, 2.45) is 0 Å². The molecule has 1 aromatic carbocycles. The first-order valence-corrected chi connectivity index (χ1v) is 6.26. The molecule has 0 unspecified atom stereocenters. The van der Waals surface area contributed by atoms with Crippen molar-refractivity contribution in [2.45, 2.75) is 13.8 Å². The maximum absolute atomic E-state index is 11.6. The van der Waals surface area contributed by atoms with Gasteiger partial charge < -0.3 is 10.2 Å². The van der Waals surface area contributed by atoms with Gasteiger partial charge in [-0.1, -0.05) is 11.6 Å². The number of carbonyl (C=O) groups is 2. The highest BCUT2D eigenvalue weighted by atomic mass is 35.5. The highest BCUT2D eigenvalue weighted by molar-refractivity contribution is 6.31. The van der Waals surface area contributed by atoms with E-state index in [0.29, 0.717) is 29.4 Å². The Balaban J connectivity index is 2.96. The van der Waals surface area contributed by atoms with Crippen LogP contribution in [0.2, 0.25) is 5.02 Å². The largest absolute Gasteiger partial charge is 0.362 e. The summed E-state index contributed by atoms with van der Waals surface area (Å²) < 4.78 is 0. The van der Waals surface area contributed by atoms with E-state index in [4.69, 9.17) is 11.6 Å². The van der Waals surface area contributed by atoms with Gasteiger partial charge in [0.15, 0.2) is 6.29 Å². The molecule has 0 aliphatic rings. The molecular formula is C13H17ClN2O2. The molecule has 0 fully saturated rings. The number of benzene rings is 1. The molecule has 0 radical (unpaired) electrons. The van der Waals surface area contributed by atoms with Gasteiger partial charge in [0.05, 0.1) is 6.54 Å². The van der Waals surface area contributed by atoms with E-state index in [1.807, 2.05) is 18.7 Å². The Morgan fingerprint density at radius 1 is 1.44 bits per heavy atom. The second-order valence-corrected chi connectivity index (χ2v) is 4.23. The minimum Gasteiger partial charge on any atom is -0.362 e. The predicted octanol–water partition coefficient (Wildman–Crippen LogP) is 2.11. The number of likely N-dealkylation sites (N-methyl/N-ethyl adjacent to an activating group) is 2. The highest BCUT2D eigenvalue weighted by Gasteiger charge is 2.13. The molecule has 1 aromatic rings. The van der Waals surface area contributed by atoms with Crippen molar-refractivity contribution in [3.8, 4) is 0 Å². The van der Waals surface area contributed by atoms with Gasteiger partial charge in [-0.2, -0.15) is 0 Å². The maximum Gasteiger partial charge on any atom is 0.239 e. The molecule has 5 heteroatoms. The van der Waals surface area contributed by atoms with E-state index < -0.39 is 0 Å². The fourth-order valence-electron chi connectivity index (χ4n) is 1.68. The summed E-state index contributed by atoms with van der Waals surface area (Å²) in [6, 6.07) is 5.02. The average molecular weight is 269 g/mol. The topological polar surface area (TPSA) is 49.4 Å². The third-order valence-electron chi connectivity index (χ3n) is 2.55. The Morgan fingerprint density at radius 3 is 2.72 bits per heavy atom. The summed E-state index contributed by atoms with van der Waals surface area (Å²) in [6.07, 6.45) is 0.770. The van der Waals surface area contributed by atoms with Gasteiger partial charge >= 0.3 is 0 Å². The molecule has 98 valence electrons. The van der Waals surface area contributed by atoms with Crippen LogP contribution in [0.1, 0.15) is 24.2 Å². The number of rotatable bonds is 6. The fraction of sp³-hybridized carbons (Fsp3) is 0.385. The number of carbonyl (C=O) groups excluding carboxylic acids is 2. The Morgan fingerprint density at radius 2 is 2.17 bits per heavy atom. The third kappa shape index (κ3) is 3.74. The number of nitrogens with one attached hydrogen (secondary N) is 1. The molecular weight excluding hydrogens is 252 g/mol. The van der Waals surface area contributed by atoms with Gasteiger partial charge in [0.2, 0.25) is 5.91 Å². The van der Waals surface area contributed by atoms with Crippen LogP contribution in [0.5, 0.6) is 0 Å². The molecule has 4 nitrogen and oxygen atoms in total. The molecule has 0 aliphatic heterocycles. The number of halogens is 1. The van der Waals surface area contributed by atoms with Crippen molar-refractivity contribution in [1.82, 2.24) is 5.32 Å². The van der Waals surface area contributed by atoms with E-state index in [1.54, 1.807) is 18.2 Å². The summed E-state index contributed by atoms with van der Waals surface area (Å²) in [7, 11) is 0. The van der Waals surface area contributed by atoms with Gasteiger partial charge in [0, 0.05) is 29.4 Å². The van der Waals surface area contributed by atoms with Crippen LogP contribution in [-0.2, 0) is 4.79 Å². The average Bonchev–Trinajstić information content (AvgIpc) is 2.36. The SMILES string of the molecule is CCNC(=O)CN(CC)c1cc(Cl)ccc1C=O. The quantitative estimate of drug-likeness (QED) is 0.804. The van der Waals surface area contributed by atoms with Crippen LogP contribution in [0.15, 0.2) is 18.2 Å². The van der Waals surface area contributed by atoms with Crippen LogP contribution >= 0.6 is 11.6 Å². The molecule has 0 saturated heterocycles. The molecule has 0 aliphatic carbocycles. The normalized spacial score (nSPS) is 9.94. The van der Waals surface area contributed by atoms with Gasteiger partial charge in [-0.05, 0) is 32.0 Å². The summed E-state index contributed by atoms with van der Waals surface area (Å²) in [5, 5.41) is 3.28. The number of anilines is 1. The molecule has 0 aromatic heterocycles. The second kappa shape index (κ2) is 7.01. The van der Waals surface area contributed by atoms with Gasteiger partial charge in [-0.25, -0.2) is 0 Å². The number of aldehydes is 1. The molecule has 0 heterocycles. The fourth-order valence-corrected chi connectivity index (χ4v) is 1.85. The number of amides is 1. The minimum atomic E-state index is -0.0730. The first kappa shape index (κ1) is 14.5. The Kier molecular flexibility index (Phi) is 5.65. The van der Waals surface area contributed by atoms with Crippen molar-refractivity contribution in [3.05, 3.63) is 28.8 Å². The maximum atomic E-state index is 11.6. The van der Waals surface area contributed by atoms with Crippen LogP contribution in [-0.4, -0.2) is 31.8 Å². The molecule has 1 amide bonds. The minimum absolute atomic E-state index is 0.0730. The monoisotopic (exact) mass is 268 g/mol. The summed E-state index contributed by atoms with van der Waals surface area (Å²) in [6.45, 7) is 5.22. The molecule has 0 saturated carbocycles. The van der Waals surface area contributed by atoms with Crippen molar-refractivity contribution < 1.29 is 9.59 Å². The van der Waals surface area contributed by atoms with E-state index in [0.717, 1.165) is 6.29 Å². The highest BCUT2D eigenvalue weighted by Crippen LogP contribution is 2.23. The first-order chi connectivity index (χ1) is 8.62. The molecule has 0 atom stereocenters. The van der Waals surface area contributed by atoms with Crippen LogP contribution < -0.4 is 10.2 Å². The third-order valence-corrected chi connectivity index (χ3v) is 2.79. The van der Waals surface area contributed by atoms with Gasteiger partial charge in [-0.3, -0.25) is 9.59 Å². The van der Waals surface area contributed by atoms with Crippen molar-refractivity contribution in [1.29, 1.82) is 0 Å². The predicted molar refractivity (Wildman–Crippen MR) is 73.4 cm³/mol. The summed E-state index contributed by atoms with van der Waals surface area (Å²) in [5.41, 5.74) is 1.22. The molecule has 1 rings (SSSR count). The van der Waals surface area contributed by atoms with Gasteiger partial charge in [0.25, 0.3) is 0 Å². The van der Waals surface area contributed by atoms with Gasteiger partial charge in [-0.15, -0.1) is 0 Å². The lowest BCUT2D eigenvalue weighted by Crippen LogP contribution is -2.37. The lowest BCUT2D eigenvalue weighted by molar-refractivity contribution is -0.119. The molecule has 0 spiro atoms. The van der Waals surface area contributed by atoms with E-state index >= 15 is 0 Å². The van der Waals surface area contributed by atoms with Crippen molar-refractivity contribution >= 4 is 29.5 Å². The lowest BCUT2D eigenvalue weighted by atomic mass is 10.1. The lowest BCUT2D eigenvalue weighted by Gasteiger charge is -2.24. The molecule has 18 heavy (non-hydrogen) atoms. The zero-order valence-corrected chi connectivity index (χ0v) is 11.3. The Hall–Kier alpha value is -1.55. The Bertz CT molecular complexity index is 435. The number of hydrogen-bond acceptors (Lipinski definition) is 3.